The maximum absolute atomic E-state index is 11.9. The van der Waals surface area contributed by atoms with Crippen molar-refractivity contribution in [3.05, 3.63) is 0 Å². The maximum atomic E-state index is 11.9. The Bertz CT molecular complexity index is 255. The van der Waals surface area contributed by atoms with E-state index in [1.807, 2.05) is 6.92 Å². The van der Waals surface area contributed by atoms with Crippen molar-refractivity contribution >= 4 is 5.91 Å². The number of amides is 1. The van der Waals surface area contributed by atoms with Gasteiger partial charge in [0.25, 0.3) is 0 Å². The summed E-state index contributed by atoms with van der Waals surface area (Å²) in [5, 5.41) is 12.5. The van der Waals surface area contributed by atoms with Gasteiger partial charge < -0.3 is 15.2 Å². The number of aliphatic hydroxyl groups is 1. The smallest absolute Gasteiger partial charge is 0.223 e. The van der Waals surface area contributed by atoms with Crippen LogP contribution in [0.4, 0.5) is 0 Å². The molecule has 0 bridgehead atoms. The van der Waals surface area contributed by atoms with Gasteiger partial charge in [0.05, 0.1) is 12.2 Å². The van der Waals surface area contributed by atoms with Crippen LogP contribution in [0.3, 0.4) is 0 Å². The van der Waals surface area contributed by atoms with Crippen LogP contribution in [-0.2, 0) is 9.53 Å². The fourth-order valence-electron chi connectivity index (χ4n) is 2.69. The summed E-state index contributed by atoms with van der Waals surface area (Å²) in [6, 6.07) is 0.275. The molecule has 2 aliphatic carbocycles. The number of aliphatic hydroxyl groups excluding tert-OH is 1. The Kier molecular flexibility index (Phi) is 4.40. The van der Waals surface area contributed by atoms with Crippen LogP contribution in [0.1, 0.15) is 45.4 Å². The normalized spacial score (nSPS) is 37.3. The molecule has 98 valence electrons. The molecule has 4 nitrogen and oxygen atoms in total. The second kappa shape index (κ2) is 5.83. The highest BCUT2D eigenvalue weighted by molar-refractivity contribution is 5.80. The molecule has 2 N–H and O–H groups in total. The number of carbonyl (C=O) groups is 1. The average molecular weight is 241 g/mol. The molecule has 1 amide bonds. The monoisotopic (exact) mass is 241 g/mol. The minimum absolute atomic E-state index is 0.151. The van der Waals surface area contributed by atoms with E-state index in [0.29, 0.717) is 6.10 Å². The van der Waals surface area contributed by atoms with Gasteiger partial charge >= 0.3 is 0 Å². The lowest BCUT2D eigenvalue weighted by Crippen LogP contribution is -2.47. The van der Waals surface area contributed by atoms with E-state index in [4.69, 9.17) is 4.74 Å². The lowest BCUT2D eigenvalue weighted by molar-refractivity contribution is -0.134. The fraction of sp³-hybridized carbons (Fsp3) is 0.923. The zero-order valence-electron chi connectivity index (χ0n) is 10.5. The van der Waals surface area contributed by atoms with Crippen molar-refractivity contribution in [2.24, 2.45) is 5.92 Å². The zero-order valence-corrected chi connectivity index (χ0v) is 10.5. The second-order valence-corrected chi connectivity index (χ2v) is 5.26. The predicted molar refractivity (Wildman–Crippen MR) is 64.5 cm³/mol. The first-order valence-corrected chi connectivity index (χ1v) is 6.79. The van der Waals surface area contributed by atoms with Crippen LogP contribution in [0.5, 0.6) is 0 Å². The van der Waals surface area contributed by atoms with E-state index >= 15 is 0 Å². The fourth-order valence-corrected chi connectivity index (χ4v) is 2.69. The molecule has 2 aliphatic rings. The standard InChI is InChI=1S/C13H23NO3/c1-2-17-12-7-9(8-12)13(16)14-10-3-5-11(15)6-4-10/h9-12,15H,2-8H2,1H3,(H,14,16). The molecule has 0 saturated heterocycles. The SMILES string of the molecule is CCOC1CC(C(=O)NC2CCC(O)CC2)C1. The molecule has 4 heteroatoms. The highest BCUT2D eigenvalue weighted by atomic mass is 16.5. The number of ether oxygens (including phenoxy) is 1. The first-order chi connectivity index (χ1) is 8.19. The molecule has 2 rings (SSSR count). The minimum Gasteiger partial charge on any atom is -0.393 e. The number of carbonyl (C=O) groups excluding carboxylic acids is 1. The predicted octanol–water partition coefficient (Wildman–Crippen LogP) is 1.22. The summed E-state index contributed by atoms with van der Waals surface area (Å²) in [5.41, 5.74) is 0. The van der Waals surface area contributed by atoms with E-state index in [0.717, 1.165) is 45.1 Å². The molecular weight excluding hydrogens is 218 g/mol. The summed E-state index contributed by atoms with van der Waals surface area (Å²) < 4.78 is 5.45. The molecule has 0 aliphatic heterocycles. The van der Waals surface area contributed by atoms with Gasteiger partial charge in [-0.1, -0.05) is 0 Å². The van der Waals surface area contributed by atoms with Crippen molar-refractivity contribution in [1.29, 1.82) is 0 Å². The van der Waals surface area contributed by atoms with E-state index in [2.05, 4.69) is 5.32 Å². The molecule has 0 unspecified atom stereocenters. The molecule has 0 spiro atoms. The summed E-state index contributed by atoms with van der Waals surface area (Å²) in [4.78, 5) is 11.9. The third kappa shape index (κ3) is 3.42. The van der Waals surface area contributed by atoms with Gasteiger partial charge in [0.1, 0.15) is 0 Å². The van der Waals surface area contributed by atoms with Crippen molar-refractivity contribution in [2.75, 3.05) is 6.61 Å². The molecule has 0 atom stereocenters. The Hall–Kier alpha value is -0.610. The van der Waals surface area contributed by atoms with E-state index < -0.39 is 0 Å². The van der Waals surface area contributed by atoms with Crippen molar-refractivity contribution in [3.8, 4) is 0 Å². The number of rotatable bonds is 4. The molecule has 2 fully saturated rings. The Morgan fingerprint density at radius 3 is 2.53 bits per heavy atom. The van der Waals surface area contributed by atoms with Gasteiger partial charge in [0, 0.05) is 18.6 Å². The average Bonchev–Trinajstić information content (AvgIpc) is 2.26. The maximum Gasteiger partial charge on any atom is 0.223 e. The van der Waals surface area contributed by atoms with Crippen LogP contribution < -0.4 is 5.32 Å². The first kappa shape index (κ1) is 12.8. The van der Waals surface area contributed by atoms with E-state index in [9.17, 15) is 9.90 Å². The third-order valence-electron chi connectivity index (χ3n) is 3.91. The molecule has 2 saturated carbocycles. The molecule has 0 radical (unpaired) electrons. The molecular formula is C13H23NO3. The van der Waals surface area contributed by atoms with Crippen molar-refractivity contribution in [2.45, 2.75) is 63.7 Å². The van der Waals surface area contributed by atoms with E-state index in [1.165, 1.54) is 0 Å². The van der Waals surface area contributed by atoms with Crippen LogP contribution >= 0.6 is 0 Å². The van der Waals surface area contributed by atoms with Gasteiger partial charge in [0.2, 0.25) is 5.91 Å². The summed E-state index contributed by atoms with van der Waals surface area (Å²) >= 11 is 0. The van der Waals surface area contributed by atoms with E-state index in [-0.39, 0.29) is 24.0 Å². The van der Waals surface area contributed by atoms with Crippen LogP contribution in [-0.4, -0.2) is 35.9 Å². The Morgan fingerprint density at radius 2 is 1.94 bits per heavy atom. The van der Waals surface area contributed by atoms with Gasteiger partial charge in [-0.2, -0.15) is 0 Å². The van der Waals surface area contributed by atoms with Crippen molar-refractivity contribution < 1.29 is 14.6 Å². The summed E-state index contributed by atoms with van der Waals surface area (Å²) in [5.74, 6) is 0.334. The molecule has 0 aromatic rings. The molecule has 17 heavy (non-hydrogen) atoms. The molecule has 0 heterocycles. The molecule has 0 aromatic heterocycles. The van der Waals surface area contributed by atoms with Gasteiger partial charge in [0.15, 0.2) is 0 Å². The summed E-state index contributed by atoms with van der Waals surface area (Å²) in [7, 11) is 0. The van der Waals surface area contributed by atoms with Gasteiger partial charge in [-0.05, 0) is 45.4 Å². The summed E-state index contributed by atoms with van der Waals surface area (Å²) in [6.07, 6.45) is 5.33. The number of hydrogen-bond acceptors (Lipinski definition) is 3. The van der Waals surface area contributed by atoms with Crippen LogP contribution in [0.15, 0.2) is 0 Å². The third-order valence-corrected chi connectivity index (χ3v) is 3.91. The van der Waals surface area contributed by atoms with Crippen LogP contribution in [0, 0.1) is 5.92 Å². The lowest BCUT2D eigenvalue weighted by Gasteiger charge is -2.35. The largest absolute Gasteiger partial charge is 0.393 e. The van der Waals surface area contributed by atoms with Crippen molar-refractivity contribution in [1.82, 2.24) is 5.32 Å². The topological polar surface area (TPSA) is 58.6 Å². The number of nitrogens with one attached hydrogen (secondary N) is 1. The van der Waals surface area contributed by atoms with Gasteiger partial charge in [-0.25, -0.2) is 0 Å². The Morgan fingerprint density at radius 1 is 1.29 bits per heavy atom. The van der Waals surface area contributed by atoms with Gasteiger partial charge in [-0.3, -0.25) is 4.79 Å². The Labute approximate surface area is 103 Å². The number of hydrogen-bond donors (Lipinski definition) is 2. The van der Waals surface area contributed by atoms with Crippen molar-refractivity contribution in [3.63, 3.8) is 0 Å². The van der Waals surface area contributed by atoms with Gasteiger partial charge in [-0.15, -0.1) is 0 Å². The summed E-state index contributed by atoms with van der Waals surface area (Å²) in [6.45, 7) is 2.72. The van der Waals surface area contributed by atoms with E-state index in [1.54, 1.807) is 0 Å². The molecule has 0 aromatic carbocycles. The van der Waals surface area contributed by atoms with Crippen LogP contribution in [0.25, 0.3) is 0 Å². The second-order valence-electron chi connectivity index (χ2n) is 5.26. The quantitative estimate of drug-likeness (QED) is 0.778. The first-order valence-electron chi connectivity index (χ1n) is 6.79. The lowest BCUT2D eigenvalue weighted by atomic mass is 9.81. The highest BCUT2D eigenvalue weighted by Gasteiger charge is 2.35. The highest BCUT2D eigenvalue weighted by Crippen LogP contribution is 2.30. The zero-order chi connectivity index (χ0) is 12.3. The van der Waals surface area contributed by atoms with Crippen LogP contribution in [0.2, 0.25) is 0 Å². The Balaban J connectivity index is 1.65. The minimum atomic E-state index is -0.158.